The maximum absolute atomic E-state index is 12.2. The van der Waals surface area contributed by atoms with Crippen molar-refractivity contribution in [2.45, 2.75) is 38.1 Å². The van der Waals surface area contributed by atoms with Gasteiger partial charge in [0.15, 0.2) is 0 Å². The Bertz CT molecular complexity index is 689. The lowest BCUT2D eigenvalue weighted by Crippen LogP contribution is -2.46. The van der Waals surface area contributed by atoms with E-state index in [2.05, 4.69) is 4.72 Å². The summed E-state index contributed by atoms with van der Waals surface area (Å²) in [4.78, 5) is 0. The molecule has 1 aromatic rings. The van der Waals surface area contributed by atoms with Crippen molar-refractivity contribution in [3.63, 3.8) is 0 Å². The van der Waals surface area contributed by atoms with Crippen LogP contribution in [0.15, 0.2) is 18.2 Å². The van der Waals surface area contributed by atoms with Gasteiger partial charge >= 0.3 is 6.18 Å². The monoisotopic (exact) mass is 353 g/mol. The van der Waals surface area contributed by atoms with E-state index in [4.69, 9.17) is 10.5 Å². The maximum atomic E-state index is 12.2. The lowest BCUT2D eigenvalue weighted by atomic mass is 9.90. The van der Waals surface area contributed by atoms with E-state index >= 15 is 0 Å². The number of benzene rings is 1. The summed E-state index contributed by atoms with van der Waals surface area (Å²) < 4.78 is 69.7. The van der Waals surface area contributed by atoms with Crippen LogP contribution in [0, 0.1) is 0 Å². The molecule has 1 aliphatic heterocycles. The van der Waals surface area contributed by atoms with E-state index in [0.717, 1.165) is 0 Å². The van der Waals surface area contributed by atoms with Crippen LogP contribution in [0.1, 0.15) is 31.9 Å². The predicted molar refractivity (Wildman–Crippen MR) is 79.0 cm³/mol. The van der Waals surface area contributed by atoms with Crippen molar-refractivity contribution < 1.29 is 26.3 Å². The highest BCUT2D eigenvalue weighted by molar-refractivity contribution is 7.87. The van der Waals surface area contributed by atoms with Gasteiger partial charge in [-0.1, -0.05) is 0 Å². The summed E-state index contributed by atoms with van der Waals surface area (Å²) in [5.74, 6) is 0.443. The van der Waals surface area contributed by atoms with Gasteiger partial charge in [-0.3, -0.25) is 0 Å². The number of nitrogen functional groups attached to an aromatic ring is 1. The van der Waals surface area contributed by atoms with Crippen LogP contribution in [0.5, 0.6) is 5.75 Å². The first-order valence-electron chi connectivity index (χ1n) is 6.79. The average molecular weight is 353 g/mol. The van der Waals surface area contributed by atoms with Gasteiger partial charge in [0, 0.05) is 17.7 Å². The number of nitrogens with one attached hydrogen (secondary N) is 2. The Morgan fingerprint density at radius 3 is 2.65 bits per heavy atom. The second-order valence-electron chi connectivity index (χ2n) is 5.97. The van der Waals surface area contributed by atoms with Gasteiger partial charge in [-0.15, -0.1) is 0 Å². The summed E-state index contributed by atoms with van der Waals surface area (Å²) >= 11 is 0. The molecule has 0 spiro atoms. The predicted octanol–water partition coefficient (Wildman–Crippen LogP) is 1.86. The number of fused-ring (bicyclic) bond motifs is 1. The first-order chi connectivity index (χ1) is 10.4. The second kappa shape index (κ2) is 5.84. The van der Waals surface area contributed by atoms with E-state index in [-0.39, 0.29) is 6.42 Å². The topological polar surface area (TPSA) is 93.5 Å². The summed E-state index contributed by atoms with van der Waals surface area (Å²) in [7, 11) is -4.34. The molecule has 6 nitrogen and oxygen atoms in total. The fourth-order valence-corrected chi connectivity index (χ4v) is 3.41. The highest BCUT2D eigenvalue weighted by atomic mass is 32.2. The third-order valence-electron chi connectivity index (χ3n) is 3.25. The van der Waals surface area contributed by atoms with Crippen LogP contribution in [-0.4, -0.2) is 26.7 Å². The van der Waals surface area contributed by atoms with Crippen molar-refractivity contribution in [1.82, 2.24) is 9.44 Å². The minimum atomic E-state index is -4.63. The molecule has 1 aromatic carbocycles. The smallest absolute Gasteiger partial charge is 0.402 e. The summed E-state index contributed by atoms with van der Waals surface area (Å²) in [6.07, 6.45) is -4.39. The Morgan fingerprint density at radius 2 is 2.04 bits per heavy atom. The third-order valence-corrected chi connectivity index (χ3v) is 4.37. The average Bonchev–Trinajstić information content (AvgIpc) is 2.35. The second-order valence-corrected chi connectivity index (χ2v) is 7.50. The molecule has 0 bridgehead atoms. The molecule has 0 amide bonds. The Morgan fingerprint density at radius 1 is 1.39 bits per heavy atom. The molecule has 1 aliphatic rings. The van der Waals surface area contributed by atoms with E-state index in [1.54, 1.807) is 32.0 Å². The fourth-order valence-electron chi connectivity index (χ4n) is 2.38. The highest BCUT2D eigenvalue weighted by Crippen LogP contribution is 2.40. The zero-order chi connectivity index (χ0) is 17.5. The van der Waals surface area contributed by atoms with Gasteiger partial charge < -0.3 is 10.5 Å². The number of hydrogen-bond donors (Lipinski definition) is 3. The molecule has 0 saturated carbocycles. The van der Waals surface area contributed by atoms with Gasteiger partial charge in [0.2, 0.25) is 0 Å². The Kier molecular flexibility index (Phi) is 4.53. The Labute approximate surface area is 132 Å². The number of hydrogen-bond acceptors (Lipinski definition) is 4. The first kappa shape index (κ1) is 17.8. The lowest BCUT2D eigenvalue weighted by Gasteiger charge is -2.37. The van der Waals surface area contributed by atoms with Gasteiger partial charge in [-0.05, 0) is 32.0 Å². The Balaban J connectivity index is 2.24. The molecule has 0 aromatic heterocycles. The highest BCUT2D eigenvalue weighted by Gasteiger charge is 2.37. The standard InChI is InChI=1S/C13H18F3N3O3S/c1-12(2)6-10(9-5-8(17)3-4-11(9)22-12)19-23(20,21)18-7-13(14,15)16/h3-5,10,18-19H,6-7,17H2,1-2H3. The molecule has 1 atom stereocenters. The summed E-state index contributed by atoms with van der Waals surface area (Å²) in [6, 6.07) is 4.01. The van der Waals surface area contributed by atoms with Crippen molar-refractivity contribution in [2.75, 3.05) is 12.3 Å². The number of alkyl halides is 3. The van der Waals surface area contributed by atoms with Crippen LogP contribution in [-0.2, 0) is 10.2 Å². The zero-order valence-electron chi connectivity index (χ0n) is 12.6. The lowest BCUT2D eigenvalue weighted by molar-refractivity contribution is -0.121. The number of rotatable bonds is 4. The van der Waals surface area contributed by atoms with Crippen LogP contribution in [0.2, 0.25) is 0 Å². The van der Waals surface area contributed by atoms with Crippen LogP contribution in [0.3, 0.4) is 0 Å². The third kappa shape index (κ3) is 4.98. The molecular formula is C13H18F3N3O3S. The van der Waals surface area contributed by atoms with Crippen LogP contribution >= 0.6 is 0 Å². The summed E-state index contributed by atoms with van der Waals surface area (Å²) in [5, 5.41) is 0. The van der Waals surface area contributed by atoms with E-state index in [1.165, 1.54) is 4.72 Å². The first-order valence-corrected chi connectivity index (χ1v) is 8.27. The molecule has 0 aliphatic carbocycles. The Hall–Kier alpha value is -1.52. The molecule has 4 N–H and O–H groups in total. The van der Waals surface area contributed by atoms with Gasteiger partial charge in [-0.2, -0.15) is 31.0 Å². The SMILES string of the molecule is CC1(C)CC(NS(=O)(=O)NCC(F)(F)F)c2cc(N)ccc2O1. The van der Waals surface area contributed by atoms with Crippen molar-refractivity contribution in [1.29, 1.82) is 0 Å². The number of nitrogens with two attached hydrogens (primary N) is 1. The van der Waals surface area contributed by atoms with Crippen molar-refractivity contribution in [3.05, 3.63) is 23.8 Å². The molecule has 2 rings (SSSR count). The van der Waals surface area contributed by atoms with E-state index < -0.39 is 34.6 Å². The quantitative estimate of drug-likeness (QED) is 0.720. The molecule has 130 valence electrons. The number of halogens is 3. The molecule has 0 radical (unpaired) electrons. The van der Waals surface area contributed by atoms with Gasteiger partial charge in [-0.25, -0.2) is 0 Å². The largest absolute Gasteiger partial charge is 0.487 e. The zero-order valence-corrected chi connectivity index (χ0v) is 13.4. The van der Waals surface area contributed by atoms with Crippen molar-refractivity contribution in [3.8, 4) is 5.75 Å². The van der Waals surface area contributed by atoms with E-state index in [1.807, 2.05) is 0 Å². The minimum Gasteiger partial charge on any atom is -0.487 e. The van der Waals surface area contributed by atoms with Crippen molar-refractivity contribution >= 4 is 15.9 Å². The molecule has 1 heterocycles. The summed E-state index contributed by atoms with van der Waals surface area (Å²) in [6.45, 7) is 1.88. The molecule has 1 unspecified atom stereocenters. The summed E-state index contributed by atoms with van der Waals surface area (Å²) in [5.41, 5.74) is 5.90. The number of anilines is 1. The normalized spacial score (nSPS) is 20.7. The van der Waals surface area contributed by atoms with Gasteiger partial charge in [0.1, 0.15) is 17.9 Å². The maximum Gasteiger partial charge on any atom is 0.402 e. The van der Waals surface area contributed by atoms with Gasteiger partial charge in [0.05, 0.1) is 6.04 Å². The van der Waals surface area contributed by atoms with E-state index in [0.29, 0.717) is 17.0 Å². The van der Waals surface area contributed by atoms with Crippen LogP contribution < -0.4 is 19.9 Å². The molecule has 0 saturated heterocycles. The fraction of sp³-hybridized carbons (Fsp3) is 0.538. The van der Waals surface area contributed by atoms with Gasteiger partial charge in [0.25, 0.3) is 10.2 Å². The molecule has 10 heteroatoms. The van der Waals surface area contributed by atoms with E-state index in [9.17, 15) is 21.6 Å². The molecule has 0 fully saturated rings. The minimum absolute atomic E-state index is 0.246. The molecular weight excluding hydrogens is 335 g/mol. The molecule has 23 heavy (non-hydrogen) atoms. The van der Waals surface area contributed by atoms with Crippen LogP contribution in [0.4, 0.5) is 18.9 Å². The van der Waals surface area contributed by atoms with Crippen LogP contribution in [0.25, 0.3) is 0 Å². The van der Waals surface area contributed by atoms with Crippen molar-refractivity contribution in [2.24, 2.45) is 0 Å². The number of ether oxygens (including phenoxy) is 1.